The molecule has 0 radical (unpaired) electrons. The van der Waals surface area contributed by atoms with Gasteiger partial charge in [-0.1, -0.05) is 46.4 Å². The normalized spacial score (nSPS) is 11.7. The summed E-state index contributed by atoms with van der Waals surface area (Å²) in [6.07, 6.45) is 0.246. The number of pyridine rings is 1. The van der Waals surface area contributed by atoms with Gasteiger partial charge in [-0.3, -0.25) is 4.79 Å². The van der Waals surface area contributed by atoms with Gasteiger partial charge >= 0.3 is 5.97 Å². The first-order valence-corrected chi connectivity index (χ1v) is 8.07. The number of ether oxygens (including phenoxy) is 1. The molecule has 0 aliphatic carbocycles. The van der Waals surface area contributed by atoms with Crippen LogP contribution in [0.2, 0.25) is 20.1 Å². The Morgan fingerprint density at radius 2 is 1.79 bits per heavy atom. The lowest BCUT2D eigenvalue weighted by atomic mass is 10.2. The quantitative estimate of drug-likeness (QED) is 0.733. The fourth-order valence-electron chi connectivity index (χ4n) is 1.63. The van der Waals surface area contributed by atoms with E-state index in [2.05, 4.69) is 10.3 Å². The number of nitrogens with zero attached hydrogens (tertiary/aromatic N) is 1. The summed E-state index contributed by atoms with van der Waals surface area (Å²) in [5, 5.41) is 3.46. The van der Waals surface area contributed by atoms with Crippen molar-refractivity contribution >= 4 is 64.1 Å². The van der Waals surface area contributed by atoms with Crippen molar-refractivity contribution < 1.29 is 14.3 Å². The van der Waals surface area contributed by atoms with Crippen LogP contribution in [0, 0.1) is 0 Å². The number of rotatable bonds is 4. The van der Waals surface area contributed by atoms with E-state index in [1.165, 1.54) is 37.4 Å². The zero-order valence-electron chi connectivity index (χ0n) is 12.1. The first kappa shape index (κ1) is 18.8. The summed E-state index contributed by atoms with van der Waals surface area (Å²) in [6.45, 7) is 1.41. The van der Waals surface area contributed by atoms with Crippen LogP contribution in [-0.4, -0.2) is 23.0 Å². The van der Waals surface area contributed by atoms with Crippen LogP contribution >= 0.6 is 46.4 Å². The van der Waals surface area contributed by atoms with Gasteiger partial charge in [-0.25, -0.2) is 9.78 Å². The standard InChI is InChI=1S/C15H10Cl4N2O3/c1-7(14(22)21-13-12(19)5-9(16)6-20-13)24-15(23)8-2-3-10(17)11(18)4-8/h2-7H,1H3,(H,20,21,22). The Balaban J connectivity index is 2.02. The highest BCUT2D eigenvalue weighted by atomic mass is 35.5. The van der Waals surface area contributed by atoms with Gasteiger partial charge in [-0.2, -0.15) is 0 Å². The number of halogens is 4. The maximum Gasteiger partial charge on any atom is 0.338 e. The lowest BCUT2D eigenvalue weighted by Crippen LogP contribution is -2.30. The molecule has 0 saturated heterocycles. The lowest BCUT2D eigenvalue weighted by molar-refractivity contribution is -0.123. The molecule has 1 aromatic heterocycles. The van der Waals surface area contributed by atoms with Gasteiger partial charge in [0.25, 0.3) is 5.91 Å². The molecule has 5 nitrogen and oxygen atoms in total. The fourth-order valence-corrected chi connectivity index (χ4v) is 2.36. The van der Waals surface area contributed by atoms with Crippen molar-refractivity contribution in [2.45, 2.75) is 13.0 Å². The minimum absolute atomic E-state index is 0.114. The SMILES string of the molecule is CC(OC(=O)c1ccc(Cl)c(Cl)c1)C(=O)Nc1ncc(Cl)cc1Cl. The smallest absolute Gasteiger partial charge is 0.338 e. The molecule has 0 aliphatic rings. The predicted octanol–water partition coefficient (Wildman–Crippen LogP) is 4.88. The number of hydrogen-bond donors (Lipinski definition) is 1. The molecule has 9 heteroatoms. The van der Waals surface area contributed by atoms with Gasteiger partial charge in [0.2, 0.25) is 0 Å². The van der Waals surface area contributed by atoms with Gasteiger partial charge in [0.05, 0.1) is 25.7 Å². The molecular weight excluding hydrogens is 398 g/mol. The Morgan fingerprint density at radius 3 is 2.42 bits per heavy atom. The summed E-state index contributed by atoms with van der Waals surface area (Å²) in [5.74, 6) is -1.20. The Kier molecular flexibility index (Phi) is 6.29. The van der Waals surface area contributed by atoms with Gasteiger partial charge < -0.3 is 10.1 Å². The number of amides is 1. The number of carbonyl (C=O) groups is 2. The molecule has 0 saturated carbocycles. The van der Waals surface area contributed by atoms with Crippen LogP contribution in [-0.2, 0) is 9.53 Å². The number of benzene rings is 1. The third-order valence-corrected chi connectivity index (χ3v) is 4.09. The van der Waals surface area contributed by atoms with Crippen LogP contribution in [0.4, 0.5) is 5.82 Å². The molecule has 2 rings (SSSR count). The van der Waals surface area contributed by atoms with Crippen molar-refractivity contribution in [2.75, 3.05) is 5.32 Å². The number of carbonyl (C=O) groups excluding carboxylic acids is 2. The van der Waals surface area contributed by atoms with Crippen molar-refractivity contribution in [1.82, 2.24) is 4.98 Å². The topological polar surface area (TPSA) is 68.3 Å². The molecule has 0 bridgehead atoms. The highest BCUT2D eigenvalue weighted by molar-refractivity contribution is 6.42. The third kappa shape index (κ3) is 4.74. The minimum Gasteiger partial charge on any atom is -0.449 e. The summed E-state index contributed by atoms with van der Waals surface area (Å²) < 4.78 is 5.08. The van der Waals surface area contributed by atoms with E-state index in [1.807, 2.05) is 0 Å². The first-order valence-electron chi connectivity index (χ1n) is 6.56. The van der Waals surface area contributed by atoms with E-state index in [-0.39, 0.29) is 21.4 Å². The van der Waals surface area contributed by atoms with E-state index >= 15 is 0 Å². The second-order valence-electron chi connectivity index (χ2n) is 4.65. The zero-order chi connectivity index (χ0) is 17.9. The molecule has 1 heterocycles. The molecule has 126 valence electrons. The van der Waals surface area contributed by atoms with E-state index in [0.717, 1.165) is 0 Å². The number of aromatic nitrogens is 1. The van der Waals surface area contributed by atoms with Crippen molar-refractivity contribution in [2.24, 2.45) is 0 Å². The van der Waals surface area contributed by atoms with E-state index < -0.39 is 18.0 Å². The van der Waals surface area contributed by atoms with Gasteiger partial charge in [0.1, 0.15) is 0 Å². The first-order chi connectivity index (χ1) is 11.3. The average Bonchev–Trinajstić information content (AvgIpc) is 2.52. The van der Waals surface area contributed by atoms with Crippen LogP contribution in [0.25, 0.3) is 0 Å². The van der Waals surface area contributed by atoms with Gasteiger partial charge in [-0.15, -0.1) is 0 Å². The van der Waals surface area contributed by atoms with E-state index in [1.54, 1.807) is 0 Å². The Labute approximate surface area is 157 Å². The highest BCUT2D eigenvalue weighted by Crippen LogP contribution is 2.24. The largest absolute Gasteiger partial charge is 0.449 e. The molecule has 1 amide bonds. The van der Waals surface area contributed by atoms with Crippen molar-refractivity contribution in [3.05, 3.63) is 56.1 Å². The molecule has 1 N–H and O–H groups in total. The maximum atomic E-state index is 12.1. The zero-order valence-corrected chi connectivity index (χ0v) is 15.2. The molecule has 1 aromatic carbocycles. The van der Waals surface area contributed by atoms with Gasteiger partial charge in [0.15, 0.2) is 11.9 Å². The number of nitrogens with one attached hydrogen (secondary N) is 1. The van der Waals surface area contributed by atoms with Crippen molar-refractivity contribution in [1.29, 1.82) is 0 Å². The minimum atomic E-state index is -1.08. The Morgan fingerprint density at radius 1 is 1.08 bits per heavy atom. The second-order valence-corrected chi connectivity index (χ2v) is 6.31. The molecule has 2 aromatic rings. The molecule has 0 fully saturated rings. The third-order valence-electron chi connectivity index (χ3n) is 2.86. The van der Waals surface area contributed by atoms with E-state index in [9.17, 15) is 9.59 Å². The molecule has 1 unspecified atom stereocenters. The maximum absolute atomic E-state index is 12.1. The predicted molar refractivity (Wildman–Crippen MR) is 94.2 cm³/mol. The van der Waals surface area contributed by atoms with Crippen LogP contribution < -0.4 is 5.32 Å². The van der Waals surface area contributed by atoms with Crippen molar-refractivity contribution in [3.8, 4) is 0 Å². The van der Waals surface area contributed by atoms with Crippen molar-refractivity contribution in [3.63, 3.8) is 0 Å². The summed E-state index contributed by atoms with van der Waals surface area (Å²) in [5.41, 5.74) is 0.173. The summed E-state index contributed by atoms with van der Waals surface area (Å²) in [6, 6.07) is 5.69. The van der Waals surface area contributed by atoms with Gasteiger partial charge in [-0.05, 0) is 31.2 Å². The number of anilines is 1. The van der Waals surface area contributed by atoms with Crippen LogP contribution in [0.5, 0.6) is 0 Å². The Bertz CT molecular complexity index is 798. The van der Waals surface area contributed by atoms with Crippen LogP contribution in [0.15, 0.2) is 30.5 Å². The number of esters is 1. The highest BCUT2D eigenvalue weighted by Gasteiger charge is 2.20. The lowest BCUT2D eigenvalue weighted by Gasteiger charge is -2.14. The van der Waals surface area contributed by atoms with E-state index in [0.29, 0.717) is 10.0 Å². The molecule has 24 heavy (non-hydrogen) atoms. The summed E-state index contributed by atoms with van der Waals surface area (Å²) in [4.78, 5) is 28.0. The Hall–Kier alpha value is -1.53. The fraction of sp³-hybridized carbons (Fsp3) is 0.133. The van der Waals surface area contributed by atoms with Gasteiger partial charge in [0, 0.05) is 6.20 Å². The summed E-state index contributed by atoms with van der Waals surface area (Å²) in [7, 11) is 0. The molecule has 0 spiro atoms. The van der Waals surface area contributed by atoms with E-state index in [4.69, 9.17) is 51.1 Å². The van der Waals surface area contributed by atoms with Crippen LogP contribution in [0.1, 0.15) is 17.3 Å². The summed E-state index contributed by atoms with van der Waals surface area (Å²) >= 11 is 23.3. The molecule has 0 aliphatic heterocycles. The second kappa shape index (κ2) is 8.03. The monoisotopic (exact) mass is 406 g/mol. The number of hydrogen-bond acceptors (Lipinski definition) is 4. The van der Waals surface area contributed by atoms with Crippen LogP contribution in [0.3, 0.4) is 0 Å². The average molecular weight is 408 g/mol. The molecular formula is C15H10Cl4N2O3. The molecule has 1 atom stereocenters.